The van der Waals surface area contributed by atoms with Gasteiger partial charge in [-0.15, -0.1) is 0 Å². The van der Waals surface area contributed by atoms with Gasteiger partial charge in [0.1, 0.15) is 17.4 Å². The Bertz CT molecular complexity index is 833. The van der Waals surface area contributed by atoms with Gasteiger partial charge >= 0.3 is 0 Å². The van der Waals surface area contributed by atoms with E-state index in [-0.39, 0.29) is 6.54 Å². The van der Waals surface area contributed by atoms with Crippen molar-refractivity contribution in [2.75, 3.05) is 11.9 Å². The molecule has 0 fully saturated rings. The SMILES string of the molecule is CC(O)(CNc1c(C#N)cnc2ccccc12)c1ccco1. The zero-order valence-electron chi connectivity index (χ0n) is 12.1. The van der Waals surface area contributed by atoms with Gasteiger partial charge in [-0.3, -0.25) is 4.98 Å². The van der Waals surface area contributed by atoms with E-state index in [4.69, 9.17) is 4.42 Å². The van der Waals surface area contributed by atoms with Crippen molar-refractivity contribution >= 4 is 16.6 Å². The molecule has 3 aromatic rings. The van der Waals surface area contributed by atoms with Crippen LogP contribution in [0.5, 0.6) is 0 Å². The molecule has 2 N–H and O–H groups in total. The molecular formula is C17H15N3O2. The van der Waals surface area contributed by atoms with Crippen molar-refractivity contribution in [2.45, 2.75) is 12.5 Å². The van der Waals surface area contributed by atoms with E-state index in [0.29, 0.717) is 17.0 Å². The third-order valence-corrected chi connectivity index (χ3v) is 3.56. The van der Waals surface area contributed by atoms with E-state index in [2.05, 4.69) is 16.4 Å². The lowest BCUT2D eigenvalue weighted by molar-refractivity contribution is 0.0477. The molecule has 3 rings (SSSR count). The quantitative estimate of drug-likeness (QED) is 0.772. The van der Waals surface area contributed by atoms with E-state index >= 15 is 0 Å². The van der Waals surface area contributed by atoms with Gasteiger partial charge in [-0.1, -0.05) is 18.2 Å². The van der Waals surface area contributed by atoms with Crippen LogP contribution < -0.4 is 5.32 Å². The molecule has 0 bridgehead atoms. The molecule has 1 unspecified atom stereocenters. The Morgan fingerprint density at radius 2 is 2.14 bits per heavy atom. The first-order chi connectivity index (χ1) is 10.6. The molecule has 5 nitrogen and oxygen atoms in total. The molecule has 0 amide bonds. The highest BCUT2D eigenvalue weighted by Gasteiger charge is 2.26. The van der Waals surface area contributed by atoms with E-state index in [0.717, 1.165) is 10.9 Å². The summed E-state index contributed by atoms with van der Waals surface area (Å²) in [4.78, 5) is 4.26. The largest absolute Gasteiger partial charge is 0.466 e. The van der Waals surface area contributed by atoms with Gasteiger partial charge in [0.05, 0.1) is 29.6 Å². The van der Waals surface area contributed by atoms with Crippen molar-refractivity contribution in [3.63, 3.8) is 0 Å². The van der Waals surface area contributed by atoms with Crippen LogP contribution in [-0.4, -0.2) is 16.6 Å². The van der Waals surface area contributed by atoms with Crippen LogP contribution in [0.25, 0.3) is 10.9 Å². The predicted molar refractivity (Wildman–Crippen MR) is 83.2 cm³/mol. The average Bonchev–Trinajstić information content (AvgIpc) is 3.07. The first kappa shape index (κ1) is 14.1. The molecule has 0 aliphatic carbocycles. The number of pyridine rings is 1. The molecule has 0 radical (unpaired) electrons. The van der Waals surface area contributed by atoms with E-state index in [1.807, 2.05) is 24.3 Å². The second kappa shape index (κ2) is 5.51. The molecule has 0 saturated carbocycles. The summed E-state index contributed by atoms with van der Waals surface area (Å²) in [6.07, 6.45) is 3.05. The van der Waals surface area contributed by atoms with Crippen LogP contribution >= 0.6 is 0 Å². The Kier molecular flexibility index (Phi) is 3.53. The average molecular weight is 293 g/mol. The van der Waals surface area contributed by atoms with Crippen LogP contribution in [0.2, 0.25) is 0 Å². The van der Waals surface area contributed by atoms with E-state index in [1.54, 1.807) is 19.1 Å². The lowest BCUT2D eigenvalue weighted by Crippen LogP contribution is -2.30. The Hall–Kier alpha value is -2.84. The number of nitrogens with zero attached hydrogens (tertiary/aromatic N) is 2. The van der Waals surface area contributed by atoms with Gasteiger partial charge in [0.2, 0.25) is 0 Å². The van der Waals surface area contributed by atoms with Crippen LogP contribution in [0.3, 0.4) is 0 Å². The molecule has 2 aromatic heterocycles. The zero-order valence-corrected chi connectivity index (χ0v) is 12.1. The third-order valence-electron chi connectivity index (χ3n) is 3.56. The smallest absolute Gasteiger partial charge is 0.136 e. The zero-order chi connectivity index (χ0) is 15.6. The van der Waals surface area contributed by atoms with Crippen LogP contribution in [0.4, 0.5) is 5.69 Å². The molecule has 0 spiro atoms. The monoisotopic (exact) mass is 293 g/mol. The van der Waals surface area contributed by atoms with Gasteiger partial charge in [-0.05, 0) is 25.1 Å². The van der Waals surface area contributed by atoms with Gasteiger partial charge in [0.15, 0.2) is 0 Å². The first-order valence-corrected chi connectivity index (χ1v) is 6.90. The number of benzene rings is 1. The summed E-state index contributed by atoms with van der Waals surface area (Å²) in [7, 11) is 0. The molecule has 110 valence electrons. The maximum atomic E-state index is 10.5. The number of para-hydroxylation sites is 1. The summed E-state index contributed by atoms with van der Waals surface area (Å²) < 4.78 is 5.26. The summed E-state index contributed by atoms with van der Waals surface area (Å²) in [6, 6.07) is 13.1. The lowest BCUT2D eigenvalue weighted by atomic mass is 10.0. The highest BCUT2D eigenvalue weighted by atomic mass is 16.4. The van der Waals surface area contributed by atoms with Gasteiger partial charge in [0, 0.05) is 11.6 Å². The van der Waals surface area contributed by atoms with Crippen molar-refractivity contribution in [3.05, 3.63) is 60.2 Å². The maximum Gasteiger partial charge on any atom is 0.136 e. The minimum Gasteiger partial charge on any atom is -0.466 e. The fourth-order valence-corrected chi connectivity index (χ4v) is 2.35. The Morgan fingerprint density at radius 3 is 2.86 bits per heavy atom. The van der Waals surface area contributed by atoms with Crippen molar-refractivity contribution in [2.24, 2.45) is 0 Å². The molecule has 22 heavy (non-hydrogen) atoms. The topological polar surface area (TPSA) is 82.1 Å². The molecular weight excluding hydrogens is 278 g/mol. The number of aromatic nitrogens is 1. The van der Waals surface area contributed by atoms with Crippen molar-refractivity contribution in [3.8, 4) is 6.07 Å². The normalized spacial score (nSPS) is 13.5. The number of furan rings is 1. The number of anilines is 1. The second-order valence-corrected chi connectivity index (χ2v) is 5.28. The number of fused-ring (bicyclic) bond motifs is 1. The minimum atomic E-state index is -1.18. The Labute approximate surface area is 127 Å². The third kappa shape index (κ3) is 2.52. The number of nitrogens with one attached hydrogen (secondary N) is 1. The van der Waals surface area contributed by atoms with Gasteiger partial charge in [0.25, 0.3) is 0 Å². The van der Waals surface area contributed by atoms with E-state index < -0.39 is 5.60 Å². The van der Waals surface area contributed by atoms with Crippen molar-refractivity contribution in [1.29, 1.82) is 5.26 Å². The standard InChI is InChI=1S/C17H15N3O2/c1-17(21,15-7-4-8-22-15)11-20-16-12(9-18)10-19-14-6-3-2-5-13(14)16/h2-8,10,21H,11H2,1H3,(H,19,20). The van der Waals surface area contributed by atoms with E-state index in [9.17, 15) is 10.4 Å². The number of hydrogen-bond acceptors (Lipinski definition) is 5. The summed E-state index contributed by atoms with van der Waals surface area (Å²) in [6.45, 7) is 1.87. The molecule has 0 saturated heterocycles. The number of rotatable bonds is 4. The Morgan fingerprint density at radius 1 is 1.32 bits per heavy atom. The minimum absolute atomic E-state index is 0.212. The van der Waals surface area contributed by atoms with Crippen LogP contribution in [-0.2, 0) is 5.60 Å². The summed E-state index contributed by atoms with van der Waals surface area (Å²) in [5.74, 6) is 0.469. The summed E-state index contributed by atoms with van der Waals surface area (Å²) in [5.41, 5.74) is 0.719. The Balaban J connectivity index is 1.95. The highest BCUT2D eigenvalue weighted by molar-refractivity contribution is 5.93. The van der Waals surface area contributed by atoms with Gasteiger partial charge in [-0.25, -0.2) is 0 Å². The number of nitriles is 1. The molecule has 0 aliphatic heterocycles. The van der Waals surface area contributed by atoms with Crippen molar-refractivity contribution in [1.82, 2.24) is 4.98 Å². The van der Waals surface area contributed by atoms with Crippen molar-refractivity contribution < 1.29 is 9.52 Å². The number of hydrogen-bond donors (Lipinski definition) is 2. The molecule has 2 heterocycles. The summed E-state index contributed by atoms with van der Waals surface area (Å²) >= 11 is 0. The van der Waals surface area contributed by atoms with Crippen LogP contribution in [0.1, 0.15) is 18.2 Å². The molecule has 5 heteroatoms. The fourth-order valence-electron chi connectivity index (χ4n) is 2.35. The second-order valence-electron chi connectivity index (χ2n) is 5.28. The number of aliphatic hydroxyl groups is 1. The lowest BCUT2D eigenvalue weighted by Gasteiger charge is -2.22. The summed E-state index contributed by atoms with van der Waals surface area (Å²) in [5, 5.41) is 23.8. The fraction of sp³-hybridized carbons (Fsp3) is 0.176. The molecule has 1 aromatic carbocycles. The predicted octanol–water partition coefficient (Wildman–Crippen LogP) is 3.02. The van der Waals surface area contributed by atoms with Crippen LogP contribution in [0, 0.1) is 11.3 Å². The first-order valence-electron chi connectivity index (χ1n) is 6.90. The molecule has 0 aliphatic rings. The highest BCUT2D eigenvalue weighted by Crippen LogP contribution is 2.28. The molecule has 1 atom stereocenters. The van der Waals surface area contributed by atoms with E-state index in [1.165, 1.54) is 12.5 Å². The van der Waals surface area contributed by atoms with Gasteiger partial charge < -0.3 is 14.8 Å². The van der Waals surface area contributed by atoms with Crippen LogP contribution in [0.15, 0.2) is 53.3 Å². The van der Waals surface area contributed by atoms with Gasteiger partial charge in [-0.2, -0.15) is 5.26 Å². The maximum absolute atomic E-state index is 10.5.